The first kappa shape index (κ1) is 24.0. The Morgan fingerprint density at radius 3 is 2.29 bits per heavy atom. The van der Waals surface area contributed by atoms with Crippen LogP contribution in [0.3, 0.4) is 0 Å². The fourth-order valence-electron chi connectivity index (χ4n) is 2.55. The van der Waals surface area contributed by atoms with Gasteiger partial charge in [0.25, 0.3) is 5.95 Å². The largest absolute Gasteiger partial charge is 0.480 e. The summed E-state index contributed by atoms with van der Waals surface area (Å²) in [6, 6.07) is 7.14. The molecule has 2 rings (SSSR count). The van der Waals surface area contributed by atoms with E-state index in [1.807, 2.05) is 13.0 Å². The Morgan fingerprint density at radius 1 is 1.11 bits per heavy atom. The van der Waals surface area contributed by atoms with Crippen LogP contribution in [0.5, 0.6) is 5.95 Å². The molecule has 0 bridgehead atoms. The molecule has 2 aromatic rings. The fraction of sp³-hybridized carbons (Fsp3) is 0.526. The van der Waals surface area contributed by atoms with E-state index in [2.05, 4.69) is 5.32 Å². The predicted molar refractivity (Wildman–Crippen MR) is 102 cm³/mol. The number of carbonyl (C=O) groups excluding carboxylic acids is 1. The van der Waals surface area contributed by atoms with Gasteiger partial charge in [0.1, 0.15) is 29.5 Å². The van der Waals surface area contributed by atoms with Gasteiger partial charge in [-0.25, -0.2) is 0 Å². The number of aromatic hydroxyl groups is 1. The third kappa shape index (κ3) is 6.26. The summed E-state index contributed by atoms with van der Waals surface area (Å²) in [5.74, 6) is -0.338. The molecule has 1 aromatic heterocycles. The molecular formula is C19H29NO8. The molecule has 0 aliphatic carbocycles. The van der Waals surface area contributed by atoms with Gasteiger partial charge in [-0.15, -0.1) is 0 Å². The predicted octanol–water partition coefficient (Wildman–Crippen LogP) is -0.237. The van der Waals surface area contributed by atoms with E-state index in [0.717, 1.165) is 6.42 Å². The number of carbonyl (C=O) groups is 1. The molecule has 28 heavy (non-hydrogen) atoms. The zero-order valence-corrected chi connectivity index (χ0v) is 15.9. The lowest BCUT2D eigenvalue weighted by Gasteiger charge is -2.25. The summed E-state index contributed by atoms with van der Waals surface area (Å²) in [6.07, 6.45) is -4.46. The van der Waals surface area contributed by atoms with Gasteiger partial charge in [-0.2, -0.15) is 0 Å². The Hall–Kier alpha value is -2.01. The number of benzene rings is 1. The van der Waals surface area contributed by atoms with Crippen molar-refractivity contribution in [3.8, 4) is 5.95 Å². The molecule has 7 N–H and O–H groups in total. The van der Waals surface area contributed by atoms with Crippen LogP contribution in [0.25, 0.3) is 11.0 Å². The number of para-hydroxylation sites is 1. The summed E-state index contributed by atoms with van der Waals surface area (Å²) in [6.45, 7) is 1.36. The standard InChI is InChI=1S/C12H12O3.C7H17NO5/c1-2-5-9(13)11-8-6-3-4-7-10(8)15-12(11)14;1-8-2-4(10)6(12)7(13)5(11)3-9/h3-4,6-7,14H,2,5H2,1H3;4-13H,2-3H2,1H3/t;4-,5+,6+,7+/m.0/s1. The molecule has 0 spiro atoms. The average molecular weight is 399 g/mol. The smallest absolute Gasteiger partial charge is 0.294 e. The van der Waals surface area contributed by atoms with Crippen LogP contribution >= 0.6 is 0 Å². The van der Waals surface area contributed by atoms with E-state index in [4.69, 9.17) is 24.8 Å². The van der Waals surface area contributed by atoms with E-state index >= 15 is 0 Å². The van der Waals surface area contributed by atoms with Crippen molar-refractivity contribution >= 4 is 16.8 Å². The Kier molecular flexibility index (Phi) is 10.1. The fourth-order valence-corrected chi connectivity index (χ4v) is 2.55. The highest BCUT2D eigenvalue weighted by Gasteiger charge is 2.29. The minimum absolute atomic E-state index is 0.0695. The molecule has 1 heterocycles. The summed E-state index contributed by atoms with van der Waals surface area (Å²) < 4.78 is 5.10. The van der Waals surface area contributed by atoms with Crippen molar-refractivity contribution in [1.29, 1.82) is 0 Å². The Labute approximate surface area is 162 Å². The highest BCUT2D eigenvalue weighted by Crippen LogP contribution is 2.31. The van der Waals surface area contributed by atoms with Crippen molar-refractivity contribution in [1.82, 2.24) is 5.32 Å². The number of hydrogen-bond donors (Lipinski definition) is 7. The molecule has 9 nitrogen and oxygen atoms in total. The van der Waals surface area contributed by atoms with Crippen LogP contribution in [0.1, 0.15) is 30.1 Å². The Morgan fingerprint density at radius 2 is 1.71 bits per heavy atom. The van der Waals surface area contributed by atoms with Gasteiger partial charge < -0.3 is 40.4 Å². The maximum absolute atomic E-state index is 11.7. The molecule has 0 unspecified atom stereocenters. The molecule has 4 atom stereocenters. The molecule has 0 radical (unpaired) electrons. The third-order valence-corrected chi connectivity index (χ3v) is 4.07. The second kappa shape index (κ2) is 11.7. The second-order valence-electron chi connectivity index (χ2n) is 6.31. The van der Waals surface area contributed by atoms with Gasteiger partial charge in [-0.3, -0.25) is 4.79 Å². The molecule has 158 valence electrons. The highest BCUT2D eigenvalue weighted by atomic mass is 16.5. The van der Waals surface area contributed by atoms with Crippen LogP contribution in [-0.2, 0) is 0 Å². The number of aliphatic hydroxyl groups excluding tert-OH is 5. The van der Waals surface area contributed by atoms with Crippen molar-refractivity contribution in [3.63, 3.8) is 0 Å². The van der Waals surface area contributed by atoms with Crippen molar-refractivity contribution in [2.45, 2.75) is 44.2 Å². The lowest BCUT2D eigenvalue weighted by atomic mass is 10.0. The second-order valence-corrected chi connectivity index (χ2v) is 6.31. The van der Waals surface area contributed by atoms with E-state index in [1.54, 1.807) is 25.2 Å². The van der Waals surface area contributed by atoms with Gasteiger partial charge in [-0.05, 0) is 19.5 Å². The molecule has 1 aromatic carbocycles. The molecule has 9 heteroatoms. The lowest BCUT2D eigenvalue weighted by Crippen LogP contribution is -2.48. The number of ketones is 1. The van der Waals surface area contributed by atoms with Crippen molar-refractivity contribution in [2.24, 2.45) is 0 Å². The molecule has 0 aliphatic heterocycles. The molecule has 0 saturated heterocycles. The van der Waals surface area contributed by atoms with Gasteiger partial charge in [0.05, 0.1) is 12.7 Å². The van der Waals surface area contributed by atoms with E-state index < -0.39 is 31.0 Å². The first-order valence-electron chi connectivity index (χ1n) is 8.99. The number of likely N-dealkylation sites (N-methyl/N-ethyl adjacent to an activating group) is 1. The monoisotopic (exact) mass is 399 g/mol. The minimum Gasteiger partial charge on any atom is -0.480 e. The van der Waals surface area contributed by atoms with E-state index in [9.17, 15) is 15.0 Å². The van der Waals surface area contributed by atoms with Gasteiger partial charge in [0.15, 0.2) is 5.78 Å². The van der Waals surface area contributed by atoms with Crippen LogP contribution in [0.2, 0.25) is 0 Å². The number of hydrogen-bond acceptors (Lipinski definition) is 9. The van der Waals surface area contributed by atoms with Crippen LogP contribution in [-0.4, -0.2) is 81.0 Å². The maximum Gasteiger partial charge on any atom is 0.294 e. The summed E-state index contributed by atoms with van der Waals surface area (Å²) in [5.41, 5.74) is 0.863. The number of aliphatic hydroxyl groups is 5. The molecule has 0 amide bonds. The number of Topliss-reactive ketones (excluding diaryl/α,β-unsaturated/α-hetero) is 1. The van der Waals surface area contributed by atoms with Crippen molar-refractivity contribution in [2.75, 3.05) is 20.2 Å². The zero-order valence-electron chi connectivity index (χ0n) is 15.9. The van der Waals surface area contributed by atoms with E-state index in [0.29, 0.717) is 23.0 Å². The quantitative estimate of drug-likeness (QED) is 0.282. The van der Waals surface area contributed by atoms with Gasteiger partial charge in [0.2, 0.25) is 0 Å². The van der Waals surface area contributed by atoms with E-state index in [-0.39, 0.29) is 18.3 Å². The number of fused-ring (bicyclic) bond motifs is 1. The summed E-state index contributed by atoms with van der Waals surface area (Å²) in [7, 11) is 1.57. The van der Waals surface area contributed by atoms with Gasteiger partial charge in [0, 0.05) is 18.4 Å². The molecular weight excluding hydrogens is 370 g/mol. The molecule has 0 fully saturated rings. The maximum atomic E-state index is 11.7. The van der Waals surface area contributed by atoms with Crippen LogP contribution in [0.4, 0.5) is 0 Å². The van der Waals surface area contributed by atoms with Gasteiger partial charge in [-0.1, -0.05) is 25.1 Å². The van der Waals surface area contributed by atoms with Crippen LogP contribution < -0.4 is 5.32 Å². The summed E-state index contributed by atoms with van der Waals surface area (Å²) in [5, 5.41) is 57.7. The average Bonchev–Trinajstić information content (AvgIpc) is 3.02. The lowest BCUT2D eigenvalue weighted by molar-refractivity contribution is -0.113. The highest BCUT2D eigenvalue weighted by molar-refractivity contribution is 6.09. The topological polar surface area (TPSA) is 164 Å². The first-order chi connectivity index (χ1) is 13.3. The Balaban J connectivity index is 0.000000284. The number of furan rings is 1. The summed E-state index contributed by atoms with van der Waals surface area (Å²) in [4.78, 5) is 11.7. The summed E-state index contributed by atoms with van der Waals surface area (Å²) >= 11 is 0. The molecule has 0 aliphatic rings. The van der Waals surface area contributed by atoms with Crippen molar-refractivity contribution in [3.05, 3.63) is 29.8 Å². The van der Waals surface area contributed by atoms with Crippen LogP contribution in [0, 0.1) is 0 Å². The van der Waals surface area contributed by atoms with E-state index in [1.165, 1.54) is 0 Å². The van der Waals surface area contributed by atoms with Crippen molar-refractivity contribution < 1.29 is 39.9 Å². The van der Waals surface area contributed by atoms with Crippen LogP contribution in [0.15, 0.2) is 28.7 Å². The first-order valence-corrected chi connectivity index (χ1v) is 8.99. The Bertz CT molecular complexity index is 732. The number of nitrogens with one attached hydrogen (secondary N) is 1. The SMILES string of the molecule is CCCC(=O)c1c(O)oc2ccccc12.CNC[C@H](O)[C@@H](O)[C@H](O)[C@H](O)CO. The minimum atomic E-state index is -1.55. The molecule has 0 saturated carbocycles. The number of rotatable bonds is 9. The van der Waals surface area contributed by atoms with Gasteiger partial charge >= 0.3 is 0 Å². The third-order valence-electron chi connectivity index (χ3n) is 4.07. The normalized spacial score (nSPS) is 15.4. The zero-order chi connectivity index (χ0) is 21.3.